The molecule has 4 N–H and O–H groups in total. The summed E-state index contributed by atoms with van der Waals surface area (Å²) in [7, 11) is 1.45. The largest absolute Gasteiger partial charge is 0.496 e. The van der Waals surface area contributed by atoms with E-state index in [-0.39, 0.29) is 10.9 Å². The lowest BCUT2D eigenvalue weighted by Crippen LogP contribution is -2.27. The number of ether oxygens (including phenoxy) is 2. The van der Waals surface area contributed by atoms with Gasteiger partial charge < -0.3 is 14.8 Å². The highest BCUT2D eigenvalue weighted by molar-refractivity contribution is 6.29. The van der Waals surface area contributed by atoms with Crippen molar-refractivity contribution < 1.29 is 13.9 Å². The van der Waals surface area contributed by atoms with Crippen LogP contribution in [0.1, 0.15) is 19.8 Å². The van der Waals surface area contributed by atoms with Gasteiger partial charge in [0.15, 0.2) is 5.82 Å². The van der Waals surface area contributed by atoms with Gasteiger partial charge in [0.1, 0.15) is 34.5 Å². The van der Waals surface area contributed by atoms with Crippen molar-refractivity contribution in [1.82, 2.24) is 20.2 Å². The van der Waals surface area contributed by atoms with Crippen LogP contribution in [0.15, 0.2) is 30.6 Å². The van der Waals surface area contributed by atoms with Crippen LogP contribution in [0.5, 0.6) is 11.5 Å². The summed E-state index contributed by atoms with van der Waals surface area (Å²) in [5, 5.41) is 10.4. The van der Waals surface area contributed by atoms with E-state index in [1.807, 2.05) is 6.92 Å². The van der Waals surface area contributed by atoms with Crippen LogP contribution >= 0.6 is 11.6 Å². The molecule has 10 heteroatoms. The number of benzene rings is 1. The molecule has 0 saturated heterocycles. The van der Waals surface area contributed by atoms with Crippen molar-refractivity contribution in [3.63, 3.8) is 0 Å². The summed E-state index contributed by atoms with van der Waals surface area (Å²) in [5.41, 5.74) is 7.04. The Hall–Kier alpha value is -2.91. The number of H-pyrrole nitrogens is 1. The van der Waals surface area contributed by atoms with Gasteiger partial charge in [-0.2, -0.15) is 5.10 Å². The first-order valence-corrected chi connectivity index (χ1v) is 8.98. The summed E-state index contributed by atoms with van der Waals surface area (Å²) in [6, 6.07) is 4.25. The molecule has 0 fully saturated rings. The molecule has 0 aliphatic heterocycles. The first kappa shape index (κ1) is 19.8. The van der Waals surface area contributed by atoms with Gasteiger partial charge in [-0.05, 0) is 6.42 Å². The number of hydrogen-bond acceptors (Lipinski definition) is 7. The van der Waals surface area contributed by atoms with E-state index in [9.17, 15) is 4.39 Å². The molecule has 0 saturated carbocycles. The standard InChI is InChI=1S/C18H20ClFN6O2/c1-3-4-15(21)28-13-6-10(20)5-12(27-2)18(13)11-7-16(26-25-11)24-17-9-22-14(19)8-23-17/h5-9,15H,3-4,21H2,1-2H3,(H2,23,24,25,26). The molecule has 3 rings (SSSR count). The zero-order valence-corrected chi connectivity index (χ0v) is 16.1. The van der Waals surface area contributed by atoms with Gasteiger partial charge in [-0.1, -0.05) is 24.9 Å². The number of aromatic amines is 1. The van der Waals surface area contributed by atoms with Crippen LogP contribution in [0, 0.1) is 5.82 Å². The molecule has 1 aromatic carbocycles. The Morgan fingerprint density at radius 3 is 2.68 bits per heavy atom. The van der Waals surface area contributed by atoms with Gasteiger partial charge in [0.25, 0.3) is 0 Å². The summed E-state index contributed by atoms with van der Waals surface area (Å²) in [6.45, 7) is 1.99. The number of halogens is 2. The molecule has 0 aliphatic carbocycles. The molecule has 0 amide bonds. The van der Waals surface area contributed by atoms with E-state index in [1.165, 1.54) is 31.6 Å². The second-order valence-electron chi connectivity index (χ2n) is 5.94. The number of anilines is 2. The number of methoxy groups -OCH3 is 1. The third kappa shape index (κ3) is 4.68. The fraction of sp³-hybridized carbons (Fsp3) is 0.278. The summed E-state index contributed by atoms with van der Waals surface area (Å²) in [5.74, 6) is 1.00. The molecule has 0 radical (unpaired) electrons. The molecule has 148 valence electrons. The zero-order valence-electron chi connectivity index (χ0n) is 15.4. The van der Waals surface area contributed by atoms with Crippen molar-refractivity contribution in [2.75, 3.05) is 12.4 Å². The van der Waals surface area contributed by atoms with Crippen LogP contribution in [0.25, 0.3) is 11.3 Å². The minimum absolute atomic E-state index is 0.263. The summed E-state index contributed by atoms with van der Waals surface area (Å²) in [4.78, 5) is 8.05. The second-order valence-corrected chi connectivity index (χ2v) is 6.33. The quantitative estimate of drug-likeness (QED) is 0.487. The van der Waals surface area contributed by atoms with Gasteiger partial charge in [-0.3, -0.25) is 10.8 Å². The molecule has 2 aromatic heterocycles. The number of nitrogens with one attached hydrogen (secondary N) is 2. The maximum absolute atomic E-state index is 14.0. The van der Waals surface area contributed by atoms with Crippen molar-refractivity contribution in [2.45, 2.75) is 26.0 Å². The third-order valence-electron chi connectivity index (χ3n) is 3.83. The van der Waals surface area contributed by atoms with Crippen molar-refractivity contribution in [1.29, 1.82) is 0 Å². The molecule has 1 unspecified atom stereocenters. The van der Waals surface area contributed by atoms with Gasteiger partial charge >= 0.3 is 0 Å². The lowest BCUT2D eigenvalue weighted by Gasteiger charge is -2.18. The molecule has 28 heavy (non-hydrogen) atoms. The summed E-state index contributed by atoms with van der Waals surface area (Å²) < 4.78 is 25.1. The Morgan fingerprint density at radius 1 is 1.21 bits per heavy atom. The van der Waals surface area contributed by atoms with Crippen LogP contribution in [-0.4, -0.2) is 33.5 Å². The van der Waals surface area contributed by atoms with Crippen LogP contribution < -0.4 is 20.5 Å². The summed E-state index contributed by atoms with van der Waals surface area (Å²) in [6.07, 6.45) is 3.79. The molecular formula is C18H20ClFN6O2. The number of nitrogens with two attached hydrogens (primary N) is 1. The molecule has 0 aliphatic rings. The van der Waals surface area contributed by atoms with E-state index in [0.717, 1.165) is 6.42 Å². The van der Waals surface area contributed by atoms with Crippen LogP contribution in [0.3, 0.4) is 0 Å². The maximum atomic E-state index is 14.0. The first-order chi connectivity index (χ1) is 13.5. The van der Waals surface area contributed by atoms with E-state index >= 15 is 0 Å². The molecule has 3 aromatic rings. The molecular weight excluding hydrogens is 387 g/mol. The Bertz CT molecular complexity index is 934. The average Bonchev–Trinajstić information content (AvgIpc) is 3.11. The van der Waals surface area contributed by atoms with E-state index in [1.54, 1.807) is 6.07 Å². The molecule has 0 bridgehead atoms. The number of nitrogens with zero attached hydrogens (tertiary/aromatic N) is 3. The first-order valence-electron chi connectivity index (χ1n) is 8.60. The van der Waals surface area contributed by atoms with E-state index in [0.29, 0.717) is 35.1 Å². The Balaban J connectivity index is 1.93. The van der Waals surface area contributed by atoms with Crippen molar-refractivity contribution in [3.05, 3.63) is 41.6 Å². The lowest BCUT2D eigenvalue weighted by atomic mass is 10.1. The van der Waals surface area contributed by atoms with Crippen LogP contribution in [0.2, 0.25) is 5.15 Å². The molecule has 8 nitrogen and oxygen atoms in total. The fourth-order valence-corrected chi connectivity index (χ4v) is 2.70. The number of aromatic nitrogens is 4. The normalized spacial score (nSPS) is 11.9. The van der Waals surface area contributed by atoms with Crippen LogP contribution in [0.4, 0.5) is 16.0 Å². The van der Waals surface area contributed by atoms with Gasteiger partial charge in [-0.15, -0.1) is 0 Å². The van der Waals surface area contributed by atoms with Gasteiger partial charge in [0, 0.05) is 18.2 Å². The maximum Gasteiger partial charge on any atom is 0.153 e. The molecule has 0 spiro atoms. The monoisotopic (exact) mass is 406 g/mol. The average molecular weight is 407 g/mol. The van der Waals surface area contributed by atoms with E-state index < -0.39 is 12.0 Å². The van der Waals surface area contributed by atoms with Gasteiger partial charge in [-0.25, -0.2) is 14.4 Å². The van der Waals surface area contributed by atoms with E-state index in [4.69, 9.17) is 26.8 Å². The molecule has 1 atom stereocenters. The Morgan fingerprint density at radius 2 is 2.00 bits per heavy atom. The minimum atomic E-state index is -0.569. The predicted octanol–water partition coefficient (Wildman–Crippen LogP) is 3.88. The SMILES string of the molecule is CCCC(N)Oc1cc(F)cc(OC)c1-c1cc(Nc2cnc(Cl)cn2)n[nH]1. The Kier molecular flexibility index (Phi) is 6.27. The van der Waals surface area contributed by atoms with Gasteiger partial charge in [0.05, 0.1) is 30.8 Å². The van der Waals surface area contributed by atoms with Gasteiger partial charge in [0.2, 0.25) is 0 Å². The van der Waals surface area contributed by atoms with Crippen molar-refractivity contribution in [3.8, 4) is 22.8 Å². The predicted molar refractivity (Wildman–Crippen MR) is 104 cm³/mol. The zero-order chi connectivity index (χ0) is 20.1. The van der Waals surface area contributed by atoms with E-state index in [2.05, 4.69) is 25.5 Å². The lowest BCUT2D eigenvalue weighted by molar-refractivity contribution is 0.197. The highest BCUT2D eigenvalue weighted by atomic mass is 35.5. The minimum Gasteiger partial charge on any atom is -0.496 e. The summed E-state index contributed by atoms with van der Waals surface area (Å²) >= 11 is 5.73. The highest BCUT2D eigenvalue weighted by Gasteiger charge is 2.19. The smallest absolute Gasteiger partial charge is 0.153 e. The third-order valence-corrected chi connectivity index (χ3v) is 4.02. The number of rotatable bonds is 8. The second kappa shape index (κ2) is 8.85. The Labute approximate surface area is 166 Å². The topological polar surface area (TPSA) is 111 Å². The molecule has 2 heterocycles. The van der Waals surface area contributed by atoms with Crippen molar-refractivity contribution >= 4 is 23.2 Å². The van der Waals surface area contributed by atoms with Crippen LogP contribution in [-0.2, 0) is 0 Å². The number of hydrogen-bond donors (Lipinski definition) is 3. The van der Waals surface area contributed by atoms with Crippen molar-refractivity contribution in [2.24, 2.45) is 5.73 Å². The highest BCUT2D eigenvalue weighted by Crippen LogP contribution is 2.39. The fourth-order valence-electron chi connectivity index (χ4n) is 2.61.